The maximum atomic E-state index is 5.69. The summed E-state index contributed by atoms with van der Waals surface area (Å²) >= 11 is 0. The third-order valence-electron chi connectivity index (χ3n) is 3.48. The fraction of sp³-hybridized carbons (Fsp3) is 0.222. The molecule has 1 heterocycles. The van der Waals surface area contributed by atoms with Crippen LogP contribution in [0.1, 0.15) is 5.56 Å². The number of ether oxygens (including phenoxy) is 2. The molecule has 0 saturated carbocycles. The van der Waals surface area contributed by atoms with E-state index >= 15 is 0 Å². The van der Waals surface area contributed by atoms with Gasteiger partial charge in [-0.25, -0.2) is 9.97 Å². The molecule has 2 aromatic carbocycles. The van der Waals surface area contributed by atoms with Crippen molar-refractivity contribution in [3.8, 4) is 5.75 Å². The Morgan fingerprint density at radius 1 is 1.04 bits per heavy atom. The van der Waals surface area contributed by atoms with E-state index < -0.39 is 0 Å². The van der Waals surface area contributed by atoms with E-state index in [1.807, 2.05) is 48.5 Å². The van der Waals surface area contributed by atoms with Crippen molar-refractivity contribution in [3.63, 3.8) is 0 Å². The van der Waals surface area contributed by atoms with Crippen LogP contribution in [0.4, 0.5) is 5.82 Å². The Bertz CT molecular complexity index is 772. The van der Waals surface area contributed by atoms with Gasteiger partial charge in [-0.2, -0.15) is 0 Å². The van der Waals surface area contributed by atoms with Crippen LogP contribution in [0.25, 0.3) is 10.9 Å². The highest BCUT2D eigenvalue weighted by molar-refractivity contribution is 5.88. The molecule has 0 spiro atoms. The standard InChI is InChI=1S/C18H19N3O2/c1-22-15-6-4-5-14(11-15)12-23-10-9-19-18-16-7-2-3-8-17(16)20-13-21-18/h2-8,11,13H,9-10,12H2,1H3,(H,19,20,21). The number of benzene rings is 2. The van der Waals surface area contributed by atoms with Crippen LogP contribution in [0.5, 0.6) is 5.75 Å². The molecule has 0 aliphatic heterocycles. The summed E-state index contributed by atoms with van der Waals surface area (Å²) in [5, 5.41) is 4.31. The normalized spacial score (nSPS) is 10.7. The van der Waals surface area contributed by atoms with Gasteiger partial charge in [-0.15, -0.1) is 0 Å². The molecule has 3 aromatic rings. The van der Waals surface area contributed by atoms with E-state index in [1.165, 1.54) is 0 Å². The van der Waals surface area contributed by atoms with Crippen LogP contribution in [0.15, 0.2) is 54.9 Å². The minimum absolute atomic E-state index is 0.559. The Morgan fingerprint density at radius 3 is 2.87 bits per heavy atom. The Labute approximate surface area is 135 Å². The average molecular weight is 309 g/mol. The van der Waals surface area contributed by atoms with E-state index in [-0.39, 0.29) is 0 Å². The topological polar surface area (TPSA) is 56.3 Å². The third kappa shape index (κ3) is 3.96. The first kappa shape index (κ1) is 15.2. The number of nitrogens with one attached hydrogen (secondary N) is 1. The maximum absolute atomic E-state index is 5.69. The highest BCUT2D eigenvalue weighted by Crippen LogP contribution is 2.18. The molecule has 23 heavy (non-hydrogen) atoms. The van der Waals surface area contributed by atoms with Crippen molar-refractivity contribution in [2.75, 3.05) is 25.6 Å². The molecule has 1 aromatic heterocycles. The Balaban J connectivity index is 1.49. The van der Waals surface area contributed by atoms with Crippen molar-refractivity contribution in [1.29, 1.82) is 0 Å². The minimum Gasteiger partial charge on any atom is -0.497 e. The van der Waals surface area contributed by atoms with Gasteiger partial charge in [-0.1, -0.05) is 24.3 Å². The number of methoxy groups -OCH3 is 1. The molecule has 5 heteroatoms. The summed E-state index contributed by atoms with van der Waals surface area (Å²) in [7, 11) is 1.66. The number of hydrogen-bond donors (Lipinski definition) is 1. The second-order valence-electron chi connectivity index (χ2n) is 5.07. The molecular weight excluding hydrogens is 290 g/mol. The van der Waals surface area contributed by atoms with Gasteiger partial charge < -0.3 is 14.8 Å². The zero-order chi connectivity index (χ0) is 15.9. The second-order valence-corrected chi connectivity index (χ2v) is 5.07. The zero-order valence-electron chi connectivity index (χ0n) is 13.0. The Kier molecular flexibility index (Phi) is 5.01. The van der Waals surface area contributed by atoms with Crippen molar-refractivity contribution < 1.29 is 9.47 Å². The van der Waals surface area contributed by atoms with Crippen LogP contribution in [-0.2, 0) is 11.3 Å². The highest BCUT2D eigenvalue weighted by Gasteiger charge is 2.02. The van der Waals surface area contributed by atoms with Gasteiger partial charge in [0.2, 0.25) is 0 Å². The Hall–Kier alpha value is -2.66. The predicted molar refractivity (Wildman–Crippen MR) is 90.7 cm³/mol. The van der Waals surface area contributed by atoms with E-state index in [0.29, 0.717) is 19.8 Å². The molecule has 3 rings (SSSR count). The van der Waals surface area contributed by atoms with Crippen LogP contribution < -0.4 is 10.1 Å². The zero-order valence-corrected chi connectivity index (χ0v) is 13.0. The fourth-order valence-corrected chi connectivity index (χ4v) is 2.34. The molecule has 1 N–H and O–H groups in total. The van der Waals surface area contributed by atoms with Gasteiger partial charge in [0.15, 0.2) is 0 Å². The van der Waals surface area contributed by atoms with Crippen molar-refractivity contribution in [3.05, 3.63) is 60.4 Å². The molecule has 0 aliphatic carbocycles. The van der Waals surface area contributed by atoms with Crippen LogP contribution in [0.3, 0.4) is 0 Å². The minimum atomic E-state index is 0.559. The van der Waals surface area contributed by atoms with E-state index in [9.17, 15) is 0 Å². The van der Waals surface area contributed by atoms with Crippen molar-refractivity contribution in [1.82, 2.24) is 9.97 Å². The smallest absolute Gasteiger partial charge is 0.137 e. The number of aromatic nitrogens is 2. The largest absolute Gasteiger partial charge is 0.497 e. The van der Waals surface area contributed by atoms with Gasteiger partial charge >= 0.3 is 0 Å². The quantitative estimate of drug-likeness (QED) is 0.679. The van der Waals surface area contributed by atoms with Gasteiger partial charge in [-0.3, -0.25) is 0 Å². The number of anilines is 1. The first-order chi connectivity index (χ1) is 11.4. The van der Waals surface area contributed by atoms with E-state index in [4.69, 9.17) is 9.47 Å². The number of fused-ring (bicyclic) bond motifs is 1. The van der Waals surface area contributed by atoms with Crippen LogP contribution >= 0.6 is 0 Å². The molecule has 0 amide bonds. The summed E-state index contributed by atoms with van der Waals surface area (Å²) in [6, 6.07) is 15.8. The molecule has 0 saturated heterocycles. The fourth-order valence-electron chi connectivity index (χ4n) is 2.34. The second kappa shape index (κ2) is 7.56. The molecular formula is C18H19N3O2. The number of rotatable bonds is 7. The Morgan fingerprint density at radius 2 is 1.96 bits per heavy atom. The van der Waals surface area contributed by atoms with Crippen LogP contribution in [-0.4, -0.2) is 30.2 Å². The molecule has 0 radical (unpaired) electrons. The average Bonchev–Trinajstić information content (AvgIpc) is 2.62. The van der Waals surface area contributed by atoms with Crippen molar-refractivity contribution in [2.45, 2.75) is 6.61 Å². The lowest BCUT2D eigenvalue weighted by atomic mass is 10.2. The van der Waals surface area contributed by atoms with Gasteiger partial charge in [0.1, 0.15) is 17.9 Å². The first-order valence-electron chi connectivity index (χ1n) is 7.51. The number of hydrogen-bond acceptors (Lipinski definition) is 5. The summed E-state index contributed by atoms with van der Waals surface area (Å²) in [5.41, 5.74) is 2.03. The van der Waals surface area contributed by atoms with Gasteiger partial charge in [0.25, 0.3) is 0 Å². The molecule has 5 nitrogen and oxygen atoms in total. The molecule has 0 unspecified atom stereocenters. The molecule has 0 aliphatic rings. The summed E-state index contributed by atoms with van der Waals surface area (Å²) in [6.45, 7) is 1.84. The van der Waals surface area contributed by atoms with Gasteiger partial charge in [0.05, 0.1) is 25.8 Å². The molecule has 118 valence electrons. The molecule has 0 bridgehead atoms. The van der Waals surface area contributed by atoms with E-state index in [1.54, 1.807) is 13.4 Å². The first-order valence-corrected chi connectivity index (χ1v) is 7.51. The molecule has 0 fully saturated rings. The lowest BCUT2D eigenvalue weighted by Crippen LogP contribution is -2.10. The predicted octanol–water partition coefficient (Wildman–Crippen LogP) is 3.27. The van der Waals surface area contributed by atoms with Crippen LogP contribution in [0.2, 0.25) is 0 Å². The number of nitrogens with zero attached hydrogens (tertiary/aromatic N) is 2. The lowest BCUT2D eigenvalue weighted by Gasteiger charge is -2.09. The third-order valence-corrected chi connectivity index (χ3v) is 3.48. The molecule has 0 atom stereocenters. The highest BCUT2D eigenvalue weighted by atomic mass is 16.5. The monoisotopic (exact) mass is 309 g/mol. The van der Waals surface area contributed by atoms with Crippen LogP contribution in [0, 0.1) is 0 Å². The van der Waals surface area contributed by atoms with Gasteiger partial charge in [0, 0.05) is 11.9 Å². The van der Waals surface area contributed by atoms with E-state index in [0.717, 1.165) is 28.0 Å². The maximum Gasteiger partial charge on any atom is 0.137 e. The summed E-state index contributed by atoms with van der Waals surface area (Å²) < 4.78 is 10.9. The van der Waals surface area contributed by atoms with Crippen molar-refractivity contribution >= 4 is 16.7 Å². The van der Waals surface area contributed by atoms with Gasteiger partial charge in [-0.05, 0) is 29.8 Å². The lowest BCUT2D eigenvalue weighted by molar-refractivity contribution is 0.130. The summed E-state index contributed by atoms with van der Waals surface area (Å²) in [5.74, 6) is 1.68. The van der Waals surface area contributed by atoms with Crippen molar-refractivity contribution in [2.24, 2.45) is 0 Å². The summed E-state index contributed by atoms with van der Waals surface area (Å²) in [4.78, 5) is 8.54. The SMILES string of the molecule is COc1cccc(COCCNc2ncnc3ccccc23)c1. The number of para-hydroxylation sites is 1. The summed E-state index contributed by atoms with van der Waals surface area (Å²) in [6.07, 6.45) is 1.57. The van der Waals surface area contributed by atoms with E-state index in [2.05, 4.69) is 15.3 Å².